The summed E-state index contributed by atoms with van der Waals surface area (Å²) in [5, 5.41) is 0. The van der Waals surface area contributed by atoms with Gasteiger partial charge in [-0.3, -0.25) is 0 Å². The van der Waals surface area contributed by atoms with E-state index in [9.17, 15) is 0 Å². The number of nitrogens with two attached hydrogens (primary N) is 1. The van der Waals surface area contributed by atoms with Crippen LogP contribution in [-0.2, 0) is 16.2 Å². The van der Waals surface area contributed by atoms with Crippen LogP contribution in [0.1, 0.15) is 68.4 Å². The molecule has 0 heterocycles. The van der Waals surface area contributed by atoms with Gasteiger partial charge in [0.05, 0.1) is 0 Å². The van der Waals surface area contributed by atoms with Crippen molar-refractivity contribution < 1.29 is 9.47 Å². The molecule has 2 aliphatic carbocycles. The molecule has 2 aliphatic rings. The standard InChI is InChI=1S/C34H35NO2/c1-22-8-6-10-24(16-22)36-26-12-14-28-30(18-26)34(20-32(28,2)3)21-33(4,5)29-15-13-27(19-31(29)34)37-25-11-7-9-23(35)17-25/h6-19H,20-21,35H2,1-5H3. The van der Waals surface area contributed by atoms with Crippen molar-refractivity contribution in [3.63, 3.8) is 0 Å². The summed E-state index contributed by atoms with van der Waals surface area (Å²) >= 11 is 0. The zero-order chi connectivity index (χ0) is 26.0. The lowest BCUT2D eigenvalue weighted by Crippen LogP contribution is -2.27. The highest BCUT2D eigenvalue weighted by Crippen LogP contribution is 2.63. The van der Waals surface area contributed by atoms with Crippen molar-refractivity contribution in [1.82, 2.24) is 0 Å². The molecule has 0 saturated carbocycles. The topological polar surface area (TPSA) is 44.5 Å². The average Bonchev–Trinajstić information content (AvgIpc) is 3.18. The van der Waals surface area contributed by atoms with Crippen molar-refractivity contribution in [3.05, 3.63) is 113 Å². The molecule has 4 aromatic rings. The molecular weight excluding hydrogens is 454 g/mol. The fraction of sp³-hybridized carbons (Fsp3) is 0.294. The van der Waals surface area contributed by atoms with E-state index in [-0.39, 0.29) is 16.2 Å². The highest BCUT2D eigenvalue weighted by Gasteiger charge is 2.56. The van der Waals surface area contributed by atoms with Gasteiger partial charge in [0, 0.05) is 17.2 Å². The Morgan fingerprint density at radius 3 is 1.57 bits per heavy atom. The number of nitrogen functional groups attached to an aromatic ring is 1. The minimum Gasteiger partial charge on any atom is -0.457 e. The van der Waals surface area contributed by atoms with E-state index in [1.54, 1.807) is 0 Å². The summed E-state index contributed by atoms with van der Waals surface area (Å²) in [5.74, 6) is 3.36. The number of hydrogen-bond acceptors (Lipinski definition) is 3. The van der Waals surface area contributed by atoms with Crippen LogP contribution in [0.25, 0.3) is 0 Å². The SMILES string of the molecule is Cc1cccc(Oc2ccc3c(c2)C2(CC3(C)C)CC(C)(C)c3ccc(Oc4cccc(N)c4)cc32)c1. The van der Waals surface area contributed by atoms with E-state index in [0.29, 0.717) is 5.69 Å². The van der Waals surface area contributed by atoms with Gasteiger partial charge in [-0.05, 0) is 107 Å². The van der Waals surface area contributed by atoms with Crippen LogP contribution in [0.15, 0.2) is 84.9 Å². The normalized spacial score (nSPS) is 20.5. The van der Waals surface area contributed by atoms with Crippen LogP contribution >= 0.6 is 0 Å². The van der Waals surface area contributed by atoms with Crippen LogP contribution in [0.5, 0.6) is 23.0 Å². The van der Waals surface area contributed by atoms with E-state index in [1.807, 2.05) is 36.4 Å². The Morgan fingerprint density at radius 2 is 1.05 bits per heavy atom. The Bertz CT molecular complexity index is 1400. The van der Waals surface area contributed by atoms with Crippen LogP contribution in [0.4, 0.5) is 5.69 Å². The van der Waals surface area contributed by atoms with Gasteiger partial charge in [-0.25, -0.2) is 0 Å². The molecule has 188 valence electrons. The van der Waals surface area contributed by atoms with E-state index in [1.165, 1.54) is 27.8 Å². The lowest BCUT2D eigenvalue weighted by atomic mass is 9.72. The molecule has 0 amide bonds. The van der Waals surface area contributed by atoms with Crippen molar-refractivity contribution in [3.8, 4) is 23.0 Å². The monoisotopic (exact) mass is 489 g/mol. The van der Waals surface area contributed by atoms with Crippen molar-refractivity contribution in [2.75, 3.05) is 5.73 Å². The zero-order valence-corrected chi connectivity index (χ0v) is 22.4. The van der Waals surface area contributed by atoms with Crippen LogP contribution in [-0.4, -0.2) is 0 Å². The van der Waals surface area contributed by atoms with E-state index < -0.39 is 0 Å². The second-order valence-corrected chi connectivity index (χ2v) is 12.2. The fourth-order valence-electron chi connectivity index (χ4n) is 6.96. The number of hydrogen-bond donors (Lipinski definition) is 1. The Labute approximate surface area is 220 Å². The van der Waals surface area contributed by atoms with Crippen LogP contribution in [0.2, 0.25) is 0 Å². The minimum atomic E-state index is -0.0985. The highest BCUT2D eigenvalue weighted by molar-refractivity contribution is 5.62. The Balaban J connectivity index is 1.46. The summed E-state index contributed by atoms with van der Waals surface area (Å²) in [6.45, 7) is 11.6. The Morgan fingerprint density at radius 1 is 0.568 bits per heavy atom. The Hall–Kier alpha value is -3.72. The third-order valence-corrected chi connectivity index (χ3v) is 8.28. The third-order valence-electron chi connectivity index (χ3n) is 8.28. The van der Waals surface area contributed by atoms with Gasteiger partial charge in [0.15, 0.2) is 0 Å². The van der Waals surface area contributed by atoms with Gasteiger partial charge >= 0.3 is 0 Å². The van der Waals surface area contributed by atoms with Gasteiger partial charge in [0.25, 0.3) is 0 Å². The predicted octanol–water partition coefficient (Wildman–Crippen LogP) is 8.81. The van der Waals surface area contributed by atoms with Gasteiger partial charge in [0.1, 0.15) is 23.0 Å². The highest BCUT2D eigenvalue weighted by atomic mass is 16.5. The van der Waals surface area contributed by atoms with Crippen molar-refractivity contribution >= 4 is 5.69 Å². The molecule has 0 saturated heterocycles. The molecule has 3 heteroatoms. The van der Waals surface area contributed by atoms with E-state index in [4.69, 9.17) is 15.2 Å². The molecule has 0 fully saturated rings. The minimum absolute atomic E-state index is 0.0517. The summed E-state index contributed by atoms with van der Waals surface area (Å²) < 4.78 is 12.7. The maximum absolute atomic E-state index is 6.37. The van der Waals surface area contributed by atoms with Crippen LogP contribution in [0, 0.1) is 6.92 Å². The fourth-order valence-corrected chi connectivity index (χ4v) is 6.96. The average molecular weight is 490 g/mol. The maximum atomic E-state index is 6.37. The van der Waals surface area contributed by atoms with Crippen LogP contribution < -0.4 is 15.2 Å². The summed E-state index contributed by atoms with van der Waals surface area (Å²) in [4.78, 5) is 0. The number of anilines is 1. The molecule has 37 heavy (non-hydrogen) atoms. The maximum Gasteiger partial charge on any atom is 0.129 e. The summed E-state index contributed by atoms with van der Waals surface area (Å²) in [6, 6.07) is 29.2. The summed E-state index contributed by atoms with van der Waals surface area (Å²) in [7, 11) is 0. The van der Waals surface area contributed by atoms with Crippen LogP contribution in [0.3, 0.4) is 0 Å². The Kier molecular flexibility index (Phi) is 5.21. The van der Waals surface area contributed by atoms with E-state index in [2.05, 4.69) is 83.1 Å². The molecule has 1 unspecified atom stereocenters. The molecule has 4 aromatic carbocycles. The molecule has 0 aliphatic heterocycles. The molecule has 0 radical (unpaired) electrons. The second-order valence-electron chi connectivity index (χ2n) is 12.2. The lowest BCUT2D eigenvalue weighted by molar-refractivity contribution is 0.349. The molecule has 2 N–H and O–H groups in total. The molecule has 3 nitrogen and oxygen atoms in total. The quantitative estimate of drug-likeness (QED) is 0.291. The summed E-state index contributed by atoms with van der Waals surface area (Å²) in [5.41, 5.74) is 13.5. The van der Waals surface area contributed by atoms with E-state index >= 15 is 0 Å². The first-order valence-electron chi connectivity index (χ1n) is 13.1. The molecule has 6 rings (SSSR count). The van der Waals surface area contributed by atoms with E-state index in [0.717, 1.165) is 35.8 Å². The van der Waals surface area contributed by atoms with Crippen molar-refractivity contribution in [1.29, 1.82) is 0 Å². The molecule has 1 atom stereocenters. The first kappa shape index (κ1) is 23.7. The zero-order valence-electron chi connectivity index (χ0n) is 22.4. The third kappa shape index (κ3) is 3.98. The molecule has 0 bridgehead atoms. The van der Waals surface area contributed by atoms with Crippen molar-refractivity contribution in [2.45, 2.75) is 63.7 Å². The number of aryl methyl sites for hydroxylation is 1. The second kappa shape index (κ2) is 8.14. The number of ether oxygens (including phenoxy) is 2. The lowest BCUT2D eigenvalue weighted by Gasteiger charge is -2.30. The first-order valence-corrected chi connectivity index (χ1v) is 13.1. The van der Waals surface area contributed by atoms with Gasteiger partial charge in [-0.2, -0.15) is 0 Å². The largest absolute Gasteiger partial charge is 0.457 e. The first-order chi connectivity index (χ1) is 17.6. The molecule has 1 spiro atoms. The van der Waals surface area contributed by atoms with Gasteiger partial charge in [-0.1, -0.05) is 58.0 Å². The van der Waals surface area contributed by atoms with Gasteiger partial charge in [0.2, 0.25) is 0 Å². The number of benzene rings is 4. The smallest absolute Gasteiger partial charge is 0.129 e. The number of fused-ring (bicyclic) bond motifs is 4. The number of rotatable bonds is 4. The summed E-state index contributed by atoms with van der Waals surface area (Å²) in [6.07, 6.45) is 2.11. The predicted molar refractivity (Wildman–Crippen MR) is 151 cm³/mol. The molecule has 0 aromatic heterocycles. The van der Waals surface area contributed by atoms with Gasteiger partial charge in [-0.15, -0.1) is 0 Å². The van der Waals surface area contributed by atoms with Crippen molar-refractivity contribution in [2.24, 2.45) is 0 Å². The van der Waals surface area contributed by atoms with Gasteiger partial charge < -0.3 is 15.2 Å². The molecular formula is C34H35NO2.